The minimum Gasteiger partial charge on any atom is -0.396 e. The molecule has 0 aromatic heterocycles. The van der Waals surface area contributed by atoms with Gasteiger partial charge in [0.1, 0.15) is 0 Å². The molecule has 0 saturated carbocycles. The monoisotopic (exact) mass is 266 g/mol. The van der Waals surface area contributed by atoms with Gasteiger partial charge in [0.25, 0.3) is 0 Å². The van der Waals surface area contributed by atoms with Crippen LogP contribution in [0.25, 0.3) is 0 Å². The molecule has 5 heavy (non-hydrogen) atoms. The molecule has 0 amide bonds. The summed E-state index contributed by atoms with van der Waals surface area (Å²) in [4.78, 5) is 0. The first-order valence-electron chi connectivity index (χ1n) is 0.478. The first-order valence-corrected chi connectivity index (χ1v) is 3.20. The molecule has 0 radical (unpaired) electrons. The number of hydrogen-bond donors (Lipinski definition) is 1. The Morgan fingerprint density at radius 1 is 1.40 bits per heavy atom. The van der Waals surface area contributed by atoms with Gasteiger partial charge in [0.2, 0.25) is 0 Å². The summed E-state index contributed by atoms with van der Waals surface area (Å²) in [6.45, 7) is 0. The third kappa shape index (κ3) is 30.1. The summed E-state index contributed by atoms with van der Waals surface area (Å²) in [6, 6.07) is 0. The molecule has 3 nitrogen and oxygen atoms in total. The fraction of sp³-hybridized carbons (Fsp3) is 0. The first kappa shape index (κ1) is 9.70. The molecule has 1 N–H and O–H groups in total. The van der Waals surface area contributed by atoms with Crippen LogP contribution < -0.4 is 27.9 Å². The predicted molar refractivity (Wildman–Crippen MR) is 2.22 cm³/mol. The summed E-state index contributed by atoms with van der Waals surface area (Å²) in [5.74, 6) is 0. The van der Waals surface area contributed by atoms with E-state index < -0.39 is 21.1 Å². The van der Waals surface area contributed by atoms with Crippen LogP contribution >= 0.6 is 0 Å². The van der Waals surface area contributed by atoms with Crippen molar-refractivity contribution in [2.24, 2.45) is 0 Å². The fourth-order valence-electron chi connectivity index (χ4n) is 0. The number of halogens is 1. The summed E-state index contributed by atoms with van der Waals surface area (Å²) in [7, 11) is 0. The van der Waals surface area contributed by atoms with Gasteiger partial charge >= 0.3 is 21.1 Å². The summed E-state index contributed by atoms with van der Waals surface area (Å²) >= 11 is -3.76. The topological polar surface area (TPSA) is 66.3 Å². The molecule has 0 rings (SSSR count). The Morgan fingerprint density at radius 2 is 1.40 bits per heavy atom. The average molecular weight is 267 g/mol. The second-order valence-corrected chi connectivity index (χ2v) is 1.35. The van der Waals surface area contributed by atoms with Crippen LogP contribution in [0.1, 0.15) is 0 Å². The smallest absolute Gasteiger partial charge is 0.396 e. The number of hydrogen-bond acceptors (Lipinski definition) is 3. The van der Waals surface area contributed by atoms with E-state index in [4.69, 9.17) is 10.3 Å². The van der Waals surface area contributed by atoms with Crippen LogP contribution in [0.3, 0.4) is 0 Å². The average Bonchev–Trinajstić information content (AvgIpc) is 0.811. The number of rotatable bonds is 0. The zero-order valence-corrected chi connectivity index (χ0v) is 6.76. The molecular weight excluding hydrogens is 266 g/mol. The normalized spacial score (nSPS) is 7.20. The van der Waals surface area contributed by atoms with Crippen LogP contribution in [-0.2, 0) is 26.2 Å². The van der Waals surface area contributed by atoms with E-state index in [2.05, 4.69) is 0 Å². The molecular formula is HIO3Zr. The van der Waals surface area contributed by atoms with Crippen molar-refractivity contribution < 1.29 is 57.6 Å². The van der Waals surface area contributed by atoms with Crippen molar-refractivity contribution in [2.45, 2.75) is 0 Å². The summed E-state index contributed by atoms with van der Waals surface area (Å²) in [5, 5.41) is 0. The minimum atomic E-state index is -3.76. The minimum absolute atomic E-state index is 0. The zero-order valence-electron chi connectivity index (χ0n) is 2.14. The maximum absolute atomic E-state index is 8.68. The van der Waals surface area contributed by atoms with Crippen molar-refractivity contribution in [1.82, 2.24) is 0 Å². The molecule has 0 aromatic carbocycles. The third-order valence-corrected chi connectivity index (χ3v) is 0. The van der Waals surface area contributed by atoms with Crippen LogP contribution in [0.15, 0.2) is 0 Å². The summed E-state index contributed by atoms with van der Waals surface area (Å²) < 4.78 is 24.5. The second kappa shape index (κ2) is 5.49. The molecule has 0 heterocycles. The van der Waals surface area contributed by atoms with Crippen LogP contribution in [0.4, 0.5) is 0 Å². The molecule has 0 aliphatic rings. The Kier molecular flexibility index (Phi) is 10.7. The van der Waals surface area contributed by atoms with Crippen molar-refractivity contribution in [2.75, 3.05) is 0 Å². The van der Waals surface area contributed by atoms with Gasteiger partial charge in [-0.15, -0.1) is 0 Å². The quantitative estimate of drug-likeness (QED) is 0.444. The van der Waals surface area contributed by atoms with Gasteiger partial charge in [0.15, 0.2) is 0 Å². The zero-order chi connectivity index (χ0) is 3.58. The van der Waals surface area contributed by atoms with Crippen molar-refractivity contribution in [3.63, 3.8) is 0 Å². The van der Waals surface area contributed by atoms with Crippen LogP contribution in [0, 0.1) is 0 Å². The van der Waals surface area contributed by atoms with Crippen molar-refractivity contribution in [3.05, 3.63) is 0 Å². The van der Waals surface area contributed by atoms with E-state index in [0.29, 0.717) is 0 Å². The second-order valence-electron chi connectivity index (χ2n) is 0.201. The van der Waals surface area contributed by atoms with Crippen LogP contribution in [0.5, 0.6) is 0 Å². The summed E-state index contributed by atoms with van der Waals surface area (Å²) in [5.41, 5.74) is 0. The molecule has 0 aliphatic heterocycles. The Morgan fingerprint density at radius 3 is 1.40 bits per heavy atom. The van der Waals surface area contributed by atoms with Gasteiger partial charge in [-0.05, 0) is 3.44 Å². The Hall–Kier alpha value is 1.49. The molecule has 5 heteroatoms. The summed E-state index contributed by atoms with van der Waals surface area (Å²) in [6.07, 6.45) is 0. The molecule has 0 spiro atoms. The third-order valence-electron chi connectivity index (χ3n) is 0. The van der Waals surface area contributed by atoms with E-state index in [1.807, 2.05) is 0 Å². The van der Waals surface area contributed by atoms with Gasteiger partial charge in [0.05, 0.1) is 0 Å². The molecule has 0 fully saturated rings. The molecule has 0 aromatic rings. The van der Waals surface area contributed by atoms with E-state index in [0.717, 1.165) is 0 Å². The molecule has 0 bridgehead atoms. The molecule has 0 atom stereocenters. The maximum Gasteiger partial charge on any atom is 0.503 e. The van der Waals surface area contributed by atoms with Crippen molar-refractivity contribution in [1.29, 1.82) is 0 Å². The predicted octanol–water partition coefficient (Wildman–Crippen LogP) is -5.93. The Bertz CT molecular complexity index is 11.6. The Labute approximate surface area is 57.2 Å². The maximum atomic E-state index is 8.68. The molecule has 0 unspecified atom stereocenters. The molecule has 0 aliphatic carbocycles. The van der Waals surface area contributed by atoms with Crippen LogP contribution in [0.2, 0.25) is 0 Å². The van der Waals surface area contributed by atoms with Crippen molar-refractivity contribution >= 4 is 0 Å². The van der Waals surface area contributed by atoms with Gasteiger partial charge < -0.3 is 6.87 Å². The van der Waals surface area contributed by atoms with E-state index in [1.165, 1.54) is 0 Å². The van der Waals surface area contributed by atoms with Crippen molar-refractivity contribution in [3.8, 4) is 0 Å². The van der Waals surface area contributed by atoms with Gasteiger partial charge in [-0.2, -0.15) is 0 Å². The van der Waals surface area contributed by atoms with Gasteiger partial charge in [-0.3, -0.25) is 0 Å². The molecule has 30 valence electrons. The molecule has 0 saturated heterocycles. The fourth-order valence-corrected chi connectivity index (χ4v) is 0. The largest absolute Gasteiger partial charge is 0.503 e. The van der Waals surface area contributed by atoms with Gasteiger partial charge in [-0.25, -0.2) is 0 Å². The van der Waals surface area contributed by atoms with E-state index in [-0.39, 0.29) is 26.2 Å². The standard InChI is InChI=1S/HIO3.Zr/c2-1(3)4;/h2H;. The first-order chi connectivity index (χ1) is 1.73. The van der Waals surface area contributed by atoms with Crippen LogP contribution in [-0.4, -0.2) is 3.44 Å². The van der Waals surface area contributed by atoms with Gasteiger partial charge in [-0.1, -0.05) is 0 Å². The SMILES string of the molecule is [O-][I+2]([O-])O.[Zr]. The van der Waals surface area contributed by atoms with Gasteiger partial charge in [0, 0.05) is 26.2 Å². The van der Waals surface area contributed by atoms with E-state index in [9.17, 15) is 0 Å². The van der Waals surface area contributed by atoms with E-state index in [1.54, 1.807) is 0 Å². The Balaban J connectivity index is 0. The van der Waals surface area contributed by atoms with E-state index >= 15 is 0 Å².